The van der Waals surface area contributed by atoms with Gasteiger partial charge in [-0.25, -0.2) is 4.79 Å². The van der Waals surface area contributed by atoms with Crippen molar-refractivity contribution in [1.29, 1.82) is 0 Å². The van der Waals surface area contributed by atoms with Gasteiger partial charge in [0.1, 0.15) is 15.6 Å². The van der Waals surface area contributed by atoms with Gasteiger partial charge in [-0.2, -0.15) is 0 Å². The average Bonchev–Trinajstić information content (AvgIpc) is 3.04. The molecule has 2 N–H and O–H groups in total. The molecule has 1 aromatic heterocycles. The van der Waals surface area contributed by atoms with Crippen molar-refractivity contribution < 1.29 is 14.5 Å². The number of aryl methyl sites for hydroxylation is 1. The number of rotatable bonds is 5. The van der Waals surface area contributed by atoms with Gasteiger partial charge in [0.05, 0.1) is 12.0 Å². The summed E-state index contributed by atoms with van der Waals surface area (Å²) in [5, 5.41) is 17.7. The topological polar surface area (TPSA) is 93.5 Å². The van der Waals surface area contributed by atoms with Crippen LogP contribution in [-0.2, 0) is 4.74 Å². The molecule has 0 spiro atoms. The molecule has 0 aliphatic heterocycles. The molecule has 0 fully saturated rings. The number of nitro benzene ring substituents is 1. The Kier molecular flexibility index (Phi) is 6.66. The maximum Gasteiger partial charge on any atom is 0.341 e. The second kappa shape index (κ2) is 9.21. The summed E-state index contributed by atoms with van der Waals surface area (Å²) in [7, 11) is 1.32. The van der Waals surface area contributed by atoms with E-state index in [0.717, 1.165) is 16.0 Å². The number of nitro groups is 1. The lowest BCUT2D eigenvalue weighted by Crippen LogP contribution is -2.20. The van der Waals surface area contributed by atoms with Gasteiger partial charge in [0, 0.05) is 22.2 Å². The second-order valence-electron chi connectivity index (χ2n) is 6.10. The fraction of sp³-hybridized carbons (Fsp3) is 0.100. The molecular formula is C20H16ClN3O4S2. The number of ether oxygens (including phenoxy) is 1. The van der Waals surface area contributed by atoms with Crippen LogP contribution in [0.2, 0.25) is 5.02 Å². The summed E-state index contributed by atoms with van der Waals surface area (Å²) >= 11 is 12.5. The van der Waals surface area contributed by atoms with Gasteiger partial charge < -0.3 is 15.4 Å². The smallest absolute Gasteiger partial charge is 0.341 e. The number of nitrogens with one attached hydrogen (secondary N) is 2. The lowest BCUT2D eigenvalue weighted by molar-refractivity contribution is -0.384. The Morgan fingerprint density at radius 2 is 1.90 bits per heavy atom. The van der Waals surface area contributed by atoms with Crippen molar-refractivity contribution in [1.82, 2.24) is 0 Å². The van der Waals surface area contributed by atoms with E-state index in [9.17, 15) is 14.9 Å². The quantitative estimate of drug-likeness (QED) is 0.212. The Bertz CT molecular complexity index is 1130. The molecule has 0 bridgehead atoms. The van der Waals surface area contributed by atoms with Crippen molar-refractivity contribution in [3.8, 4) is 11.1 Å². The van der Waals surface area contributed by atoms with Gasteiger partial charge in [-0.3, -0.25) is 10.1 Å². The number of hydrogen-bond acceptors (Lipinski definition) is 6. The fourth-order valence-corrected chi connectivity index (χ4v) is 4.42. The second-order valence-corrected chi connectivity index (χ2v) is 8.14. The van der Waals surface area contributed by atoms with Crippen molar-refractivity contribution in [3.63, 3.8) is 0 Å². The summed E-state index contributed by atoms with van der Waals surface area (Å²) in [4.78, 5) is 23.9. The summed E-state index contributed by atoms with van der Waals surface area (Å²) < 4.78 is 4.98. The monoisotopic (exact) mass is 461 g/mol. The van der Waals surface area contributed by atoms with E-state index in [4.69, 9.17) is 28.6 Å². The van der Waals surface area contributed by atoms with Crippen molar-refractivity contribution >= 4 is 62.6 Å². The van der Waals surface area contributed by atoms with Crippen LogP contribution in [0.5, 0.6) is 0 Å². The van der Waals surface area contributed by atoms with E-state index in [1.807, 2.05) is 37.3 Å². The van der Waals surface area contributed by atoms with Crippen LogP contribution in [0, 0.1) is 17.0 Å². The summed E-state index contributed by atoms with van der Waals surface area (Å²) in [6, 6.07) is 13.8. The zero-order valence-corrected chi connectivity index (χ0v) is 18.3. The molecule has 0 aliphatic rings. The number of nitrogens with zero attached hydrogens (tertiary/aromatic N) is 1. The lowest BCUT2D eigenvalue weighted by Gasteiger charge is -2.11. The minimum atomic E-state index is -0.575. The molecule has 0 atom stereocenters. The zero-order chi connectivity index (χ0) is 21.8. The number of benzene rings is 2. The van der Waals surface area contributed by atoms with Crippen LogP contribution in [0.4, 0.5) is 16.4 Å². The van der Waals surface area contributed by atoms with Crippen LogP contribution in [0.1, 0.15) is 15.2 Å². The number of halogens is 1. The number of carbonyl (C=O) groups excluding carboxylic acids is 1. The van der Waals surface area contributed by atoms with Crippen molar-refractivity contribution in [2.24, 2.45) is 0 Å². The highest BCUT2D eigenvalue weighted by Gasteiger charge is 2.24. The summed E-state index contributed by atoms with van der Waals surface area (Å²) in [6.07, 6.45) is 0. The maximum absolute atomic E-state index is 12.5. The lowest BCUT2D eigenvalue weighted by atomic mass is 10.0. The summed E-state index contributed by atoms with van der Waals surface area (Å²) in [6.45, 7) is 1.91. The number of methoxy groups -OCH3 is 1. The molecule has 0 unspecified atom stereocenters. The average molecular weight is 462 g/mol. The first-order chi connectivity index (χ1) is 14.3. The molecule has 3 rings (SSSR count). The summed E-state index contributed by atoms with van der Waals surface area (Å²) in [5.74, 6) is -0.495. The molecule has 154 valence electrons. The Balaban J connectivity index is 1.91. The molecular weight excluding hydrogens is 446 g/mol. The Hall–Kier alpha value is -3.01. The third kappa shape index (κ3) is 4.59. The van der Waals surface area contributed by atoms with Gasteiger partial charge in [-0.1, -0.05) is 41.9 Å². The molecule has 10 heteroatoms. The van der Waals surface area contributed by atoms with E-state index < -0.39 is 10.9 Å². The SMILES string of the molecule is COC(=O)c1c(NC(=S)Nc2ccc(Cl)c([N+](=O)[O-])c2)sc(C)c1-c1ccccc1. The molecule has 0 saturated carbocycles. The van der Waals surface area contributed by atoms with Crippen molar-refractivity contribution in [3.05, 3.63) is 74.1 Å². The van der Waals surface area contributed by atoms with Gasteiger partial charge in [0.15, 0.2) is 5.11 Å². The number of anilines is 2. The van der Waals surface area contributed by atoms with Crippen LogP contribution in [0.25, 0.3) is 11.1 Å². The minimum Gasteiger partial charge on any atom is -0.465 e. The van der Waals surface area contributed by atoms with Gasteiger partial charge in [0.2, 0.25) is 0 Å². The third-order valence-electron chi connectivity index (χ3n) is 4.16. The standard InChI is InChI=1S/C20H16ClN3O4S2/c1-11-16(12-6-4-3-5-7-12)17(19(25)28-2)18(30-11)23-20(29)22-13-8-9-14(21)15(10-13)24(26)27/h3-10H,1-2H3,(H2,22,23,29). The highest BCUT2D eigenvalue weighted by Crippen LogP contribution is 2.40. The molecule has 7 nitrogen and oxygen atoms in total. The molecule has 0 amide bonds. The van der Waals surface area contributed by atoms with Gasteiger partial charge >= 0.3 is 5.97 Å². The van der Waals surface area contributed by atoms with Crippen molar-refractivity contribution in [2.75, 3.05) is 17.7 Å². The molecule has 3 aromatic rings. The van der Waals surface area contributed by atoms with E-state index in [-0.39, 0.29) is 15.8 Å². The molecule has 30 heavy (non-hydrogen) atoms. The largest absolute Gasteiger partial charge is 0.465 e. The number of esters is 1. The molecule has 1 heterocycles. The van der Waals surface area contributed by atoms with Crippen molar-refractivity contribution in [2.45, 2.75) is 6.92 Å². The minimum absolute atomic E-state index is 0.0267. The van der Waals surface area contributed by atoms with Crippen LogP contribution < -0.4 is 10.6 Å². The van der Waals surface area contributed by atoms with Crippen LogP contribution in [0.15, 0.2) is 48.5 Å². The highest BCUT2D eigenvalue weighted by atomic mass is 35.5. The summed E-state index contributed by atoms with van der Waals surface area (Å²) in [5.41, 5.74) is 2.17. The van der Waals surface area contributed by atoms with Gasteiger partial charge in [-0.05, 0) is 36.8 Å². The third-order valence-corrected chi connectivity index (χ3v) is 5.71. The van der Waals surface area contributed by atoms with Gasteiger partial charge in [0.25, 0.3) is 5.69 Å². The van der Waals surface area contributed by atoms with E-state index >= 15 is 0 Å². The number of thiocarbonyl (C=S) groups is 1. The predicted octanol–water partition coefficient (Wildman–Crippen LogP) is 5.88. The Morgan fingerprint density at radius 1 is 1.20 bits per heavy atom. The zero-order valence-electron chi connectivity index (χ0n) is 15.9. The number of hydrogen-bond donors (Lipinski definition) is 2. The first kappa shape index (κ1) is 21.7. The van der Waals surface area contributed by atoms with Crippen LogP contribution in [-0.4, -0.2) is 23.1 Å². The number of carbonyl (C=O) groups is 1. The predicted molar refractivity (Wildman–Crippen MR) is 124 cm³/mol. The van der Waals surface area contributed by atoms with E-state index in [0.29, 0.717) is 16.3 Å². The normalized spacial score (nSPS) is 10.4. The van der Waals surface area contributed by atoms with E-state index in [1.165, 1.54) is 30.6 Å². The Labute approximate surface area is 186 Å². The molecule has 0 saturated heterocycles. The van der Waals surface area contributed by atoms with E-state index in [2.05, 4.69) is 10.6 Å². The first-order valence-electron chi connectivity index (χ1n) is 8.61. The molecule has 0 radical (unpaired) electrons. The maximum atomic E-state index is 12.5. The van der Waals surface area contributed by atoms with Crippen LogP contribution >= 0.6 is 35.2 Å². The van der Waals surface area contributed by atoms with Gasteiger partial charge in [-0.15, -0.1) is 11.3 Å². The molecule has 0 aliphatic carbocycles. The fourth-order valence-electron chi connectivity index (χ4n) is 2.88. The Morgan fingerprint density at radius 3 is 2.53 bits per heavy atom. The van der Waals surface area contributed by atoms with E-state index in [1.54, 1.807) is 6.07 Å². The first-order valence-corrected chi connectivity index (χ1v) is 10.2. The highest BCUT2D eigenvalue weighted by molar-refractivity contribution is 7.80. The van der Waals surface area contributed by atoms with Crippen LogP contribution in [0.3, 0.4) is 0 Å². The number of thiophene rings is 1. The molecule has 2 aromatic carbocycles.